The van der Waals surface area contributed by atoms with Gasteiger partial charge in [0.25, 0.3) is 11.5 Å². The lowest BCUT2D eigenvalue weighted by Crippen LogP contribution is -2.51. The maximum absolute atomic E-state index is 13.8. The zero-order valence-electron chi connectivity index (χ0n) is 23.9. The smallest absolute Gasteiger partial charge is 0.264 e. The molecule has 1 aromatic heterocycles. The number of amides is 1. The van der Waals surface area contributed by atoms with E-state index in [0.29, 0.717) is 60.9 Å². The second-order valence-corrected chi connectivity index (χ2v) is 9.81. The van der Waals surface area contributed by atoms with E-state index in [0.717, 1.165) is 29.8 Å². The van der Waals surface area contributed by atoms with Gasteiger partial charge in [0, 0.05) is 44.5 Å². The topological polar surface area (TPSA) is 107 Å². The molecule has 40 heavy (non-hydrogen) atoms. The third kappa shape index (κ3) is 5.54. The fraction of sp³-hybridized carbons (Fsp3) is 0.387. The second kappa shape index (κ2) is 12.7. The molecule has 212 valence electrons. The number of amidine groups is 1. The number of nitrogens with one attached hydrogen (secondary N) is 1. The summed E-state index contributed by atoms with van der Waals surface area (Å²) in [6.45, 7) is 5.96. The van der Waals surface area contributed by atoms with Crippen molar-refractivity contribution in [2.24, 2.45) is 4.99 Å². The Labute approximate surface area is 235 Å². The van der Waals surface area contributed by atoms with Crippen LogP contribution in [0.3, 0.4) is 0 Å². The van der Waals surface area contributed by atoms with E-state index in [2.05, 4.69) is 14.9 Å². The van der Waals surface area contributed by atoms with Crippen molar-refractivity contribution in [3.63, 3.8) is 0 Å². The zero-order chi connectivity index (χ0) is 28.8. The van der Waals surface area contributed by atoms with Crippen molar-refractivity contribution in [3.05, 3.63) is 75.2 Å². The van der Waals surface area contributed by atoms with E-state index in [1.165, 1.54) is 14.2 Å². The molecule has 0 bridgehead atoms. The summed E-state index contributed by atoms with van der Waals surface area (Å²) in [7, 11) is 4.83. The van der Waals surface area contributed by atoms with Crippen LogP contribution < -0.4 is 15.0 Å². The van der Waals surface area contributed by atoms with Gasteiger partial charge < -0.3 is 29.4 Å². The first-order valence-electron chi connectivity index (χ1n) is 13.6. The zero-order valence-corrected chi connectivity index (χ0v) is 23.9. The SMILES string of the molecule is CCCCc1[nH]c(=O)c(C(=O)N2CCN(C(=NC)c3ccccc3C)CC2)c(O)c1-c1c(OC)cccc1OC. The van der Waals surface area contributed by atoms with Gasteiger partial charge in [-0.1, -0.05) is 43.7 Å². The van der Waals surface area contributed by atoms with E-state index in [4.69, 9.17) is 9.47 Å². The fourth-order valence-corrected chi connectivity index (χ4v) is 5.28. The van der Waals surface area contributed by atoms with Crippen LogP contribution in [-0.2, 0) is 6.42 Å². The molecule has 2 N–H and O–H groups in total. The molecule has 2 aromatic carbocycles. The predicted octanol–water partition coefficient (Wildman–Crippen LogP) is 4.25. The van der Waals surface area contributed by atoms with E-state index in [-0.39, 0.29) is 11.3 Å². The van der Waals surface area contributed by atoms with E-state index >= 15 is 0 Å². The molecule has 1 amide bonds. The van der Waals surface area contributed by atoms with E-state index in [1.807, 2.05) is 38.1 Å². The van der Waals surface area contributed by atoms with Crippen LogP contribution in [0.4, 0.5) is 0 Å². The number of aliphatic imine (C=N–C) groups is 1. The number of aromatic hydroxyl groups is 1. The average molecular weight is 547 g/mol. The summed E-state index contributed by atoms with van der Waals surface area (Å²) in [4.78, 5) is 38.2. The molecule has 0 spiro atoms. The largest absolute Gasteiger partial charge is 0.506 e. The number of methoxy groups -OCH3 is 2. The summed E-state index contributed by atoms with van der Waals surface area (Å²) in [5, 5.41) is 11.6. The number of H-pyrrole nitrogens is 1. The Bertz CT molecular complexity index is 1430. The molecule has 9 nitrogen and oxygen atoms in total. The highest BCUT2D eigenvalue weighted by molar-refractivity contribution is 6.01. The average Bonchev–Trinajstić information content (AvgIpc) is 2.97. The van der Waals surface area contributed by atoms with Crippen molar-refractivity contribution in [3.8, 4) is 28.4 Å². The Morgan fingerprint density at radius 1 is 0.975 bits per heavy atom. The quantitative estimate of drug-likeness (QED) is 0.323. The second-order valence-electron chi connectivity index (χ2n) is 9.81. The first-order valence-corrected chi connectivity index (χ1v) is 13.6. The standard InChI is InChI=1S/C31H38N4O5/c1-6-7-13-22-25(26-23(39-4)14-10-15-24(26)40-5)28(36)27(30(37)33-22)31(38)35-18-16-34(17-19-35)29(32-3)21-12-9-8-11-20(21)2/h8-12,14-15H,6-7,13,16-19H2,1-5H3,(H2,33,36,37). The predicted molar refractivity (Wildman–Crippen MR) is 157 cm³/mol. The van der Waals surface area contributed by atoms with Gasteiger partial charge in [0.1, 0.15) is 28.6 Å². The van der Waals surface area contributed by atoms with Crippen molar-refractivity contribution in [1.29, 1.82) is 0 Å². The third-order valence-corrected chi connectivity index (χ3v) is 7.40. The number of pyridine rings is 1. The lowest BCUT2D eigenvalue weighted by Gasteiger charge is -2.37. The summed E-state index contributed by atoms with van der Waals surface area (Å²) in [5.74, 6) is 0.932. The van der Waals surface area contributed by atoms with E-state index in [9.17, 15) is 14.7 Å². The molecule has 0 aliphatic carbocycles. The maximum Gasteiger partial charge on any atom is 0.264 e. The normalized spacial score (nSPS) is 13.9. The lowest BCUT2D eigenvalue weighted by atomic mass is 9.95. The molecule has 9 heteroatoms. The molecule has 1 fully saturated rings. The number of benzene rings is 2. The van der Waals surface area contributed by atoms with Gasteiger partial charge in [0.05, 0.1) is 25.3 Å². The number of carbonyl (C=O) groups excluding carboxylic acids is 1. The minimum absolute atomic E-state index is 0.278. The van der Waals surface area contributed by atoms with Gasteiger partial charge in [-0.2, -0.15) is 0 Å². The summed E-state index contributed by atoms with van der Waals surface area (Å²) >= 11 is 0. The number of hydrogen-bond acceptors (Lipinski definition) is 6. The van der Waals surface area contributed by atoms with Gasteiger partial charge in [-0.25, -0.2) is 0 Å². The van der Waals surface area contributed by atoms with Crippen LogP contribution in [0.1, 0.15) is 46.9 Å². The first kappa shape index (κ1) is 28.7. The maximum atomic E-state index is 13.8. The van der Waals surface area contributed by atoms with Crippen LogP contribution in [0.25, 0.3) is 11.1 Å². The summed E-state index contributed by atoms with van der Waals surface area (Å²) in [5.41, 5.74) is 2.68. The monoisotopic (exact) mass is 546 g/mol. The minimum atomic E-state index is -0.607. The highest BCUT2D eigenvalue weighted by Gasteiger charge is 2.31. The molecule has 4 rings (SSSR count). The molecule has 3 aromatic rings. The molecule has 2 heterocycles. The molecule has 0 saturated carbocycles. The van der Waals surface area contributed by atoms with Gasteiger partial charge in [0.15, 0.2) is 0 Å². The van der Waals surface area contributed by atoms with Crippen LogP contribution in [-0.4, -0.2) is 79.1 Å². The number of hydrogen-bond donors (Lipinski definition) is 2. The number of aromatic nitrogens is 1. The van der Waals surface area contributed by atoms with E-state index in [1.54, 1.807) is 30.1 Å². The Morgan fingerprint density at radius 3 is 2.17 bits per heavy atom. The summed E-state index contributed by atoms with van der Waals surface area (Å²) in [6, 6.07) is 13.4. The summed E-state index contributed by atoms with van der Waals surface area (Å²) < 4.78 is 11.2. The molecule has 0 unspecified atom stereocenters. The molecule has 1 aliphatic rings. The van der Waals surface area contributed by atoms with Crippen LogP contribution >= 0.6 is 0 Å². The van der Waals surface area contributed by atoms with Gasteiger partial charge in [-0.05, 0) is 37.5 Å². The van der Waals surface area contributed by atoms with Crippen LogP contribution in [0, 0.1) is 6.92 Å². The minimum Gasteiger partial charge on any atom is -0.506 e. The number of aromatic amines is 1. The summed E-state index contributed by atoms with van der Waals surface area (Å²) in [6.07, 6.45) is 2.19. The molecular weight excluding hydrogens is 508 g/mol. The van der Waals surface area contributed by atoms with Crippen molar-refractivity contribution in [2.75, 3.05) is 47.4 Å². The number of aryl methyl sites for hydroxylation is 2. The van der Waals surface area contributed by atoms with E-state index < -0.39 is 11.5 Å². The number of rotatable bonds is 8. The number of nitrogens with zero attached hydrogens (tertiary/aromatic N) is 3. The Kier molecular flexibility index (Phi) is 9.14. The van der Waals surface area contributed by atoms with Crippen LogP contribution in [0.15, 0.2) is 52.3 Å². The Morgan fingerprint density at radius 2 is 1.60 bits per heavy atom. The molecular formula is C31H38N4O5. The highest BCUT2D eigenvalue weighted by Crippen LogP contribution is 2.44. The van der Waals surface area contributed by atoms with Crippen LogP contribution in [0.2, 0.25) is 0 Å². The molecule has 0 radical (unpaired) electrons. The highest BCUT2D eigenvalue weighted by atomic mass is 16.5. The number of ether oxygens (including phenoxy) is 2. The molecule has 1 aliphatic heterocycles. The number of piperazine rings is 1. The van der Waals surface area contributed by atoms with Crippen molar-refractivity contribution < 1.29 is 19.4 Å². The molecule has 0 atom stereocenters. The Balaban J connectivity index is 1.69. The van der Waals surface area contributed by atoms with Crippen molar-refractivity contribution in [1.82, 2.24) is 14.8 Å². The first-order chi connectivity index (χ1) is 19.4. The number of carbonyl (C=O) groups is 1. The van der Waals surface area contributed by atoms with Crippen LogP contribution in [0.5, 0.6) is 17.2 Å². The molecule has 1 saturated heterocycles. The Hall–Kier alpha value is -4.27. The number of unbranched alkanes of at least 4 members (excludes halogenated alkanes) is 1. The third-order valence-electron chi connectivity index (χ3n) is 7.40. The van der Waals surface area contributed by atoms with Gasteiger partial charge in [0.2, 0.25) is 0 Å². The van der Waals surface area contributed by atoms with Crippen molar-refractivity contribution >= 4 is 11.7 Å². The van der Waals surface area contributed by atoms with Gasteiger partial charge >= 0.3 is 0 Å². The van der Waals surface area contributed by atoms with Gasteiger partial charge in [-0.3, -0.25) is 14.6 Å². The van der Waals surface area contributed by atoms with Gasteiger partial charge in [-0.15, -0.1) is 0 Å². The fourth-order valence-electron chi connectivity index (χ4n) is 5.28. The lowest BCUT2D eigenvalue weighted by molar-refractivity contribution is 0.0687. The van der Waals surface area contributed by atoms with Crippen molar-refractivity contribution in [2.45, 2.75) is 33.1 Å².